The van der Waals surface area contributed by atoms with Gasteiger partial charge in [-0.15, -0.1) is 0 Å². The number of carbonyl (C=O) groups is 1. The van der Waals surface area contributed by atoms with E-state index in [9.17, 15) is 4.79 Å². The number of nitrogens with one attached hydrogen (secondary N) is 1. The van der Waals surface area contributed by atoms with Crippen LogP contribution in [0.5, 0.6) is 0 Å². The van der Waals surface area contributed by atoms with Gasteiger partial charge in [-0.25, -0.2) is 4.79 Å². The first-order chi connectivity index (χ1) is 16.6. The molecule has 4 aromatic carbocycles. The predicted molar refractivity (Wildman–Crippen MR) is 132 cm³/mol. The first kappa shape index (κ1) is 21.4. The maximum absolute atomic E-state index is 11.8. The maximum Gasteiger partial charge on any atom is 0.337 e. The number of aromatic nitrogens is 2. The van der Waals surface area contributed by atoms with Crippen LogP contribution in [-0.4, -0.2) is 23.2 Å². The normalized spacial score (nSPS) is 11.8. The van der Waals surface area contributed by atoms with Gasteiger partial charge in [0.1, 0.15) is 0 Å². The minimum Gasteiger partial charge on any atom is -0.465 e. The van der Waals surface area contributed by atoms with E-state index in [-0.39, 0.29) is 11.9 Å². The standard InChI is InChI=1S/C28H23N3O3/c1-18(24-15-7-9-19-8-3-4-14-25(19)24)27-30-26(31-34-27)20-10-5-12-22(16-20)29-23-13-6-11-21(17-23)28(32)33-2/h3-18,29H,1-2H3. The average molecular weight is 450 g/mol. The molecule has 0 spiro atoms. The van der Waals surface area contributed by atoms with Crippen molar-refractivity contribution in [2.24, 2.45) is 0 Å². The van der Waals surface area contributed by atoms with Crippen LogP contribution in [0, 0.1) is 0 Å². The van der Waals surface area contributed by atoms with E-state index in [0.29, 0.717) is 17.3 Å². The van der Waals surface area contributed by atoms with Gasteiger partial charge in [0.15, 0.2) is 0 Å². The van der Waals surface area contributed by atoms with E-state index in [1.165, 1.54) is 17.9 Å². The molecule has 0 saturated carbocycles. The van der Waals surface area contributed by atoms with Crippen LogP contribution in [0.2, 0.25) is 0 Å². The molecular weight excluding hydrogens is 426 g/mol. The third-order valence-electron chi connectivity index (χ3n) is 5.80. The Hall–Kier alpha value is -4.45. The van der Waals surface area contributed by atoms with Crippen LogP contribution >= 0.6 is 0 Å². The van der Waals surface area contributed by atoms with Crippen molar-refractivity contribution in [2.45, 2.75) is 12.8 Å². The lowest BCUT2D eigenvalue weighted by Gasteiger charge is -2.10. The van der Waals surface area contributed by atoms with Crippen LogP contribution in [0.15, 0.2) is 95.5 Å². The van der Waals surface area contributed by atoms with Gasteiger partial charge in [0.25, 0.3) is 0 Å². The zero-order valence-corrected chi connectivity index (χ0v) is 18.9. The number of benzene rings is 4. The van der Waals surface area contributed by atoms with Crippen molar-refractivity contribution < 1.29 is 14.1 Å². The number of rotatable bonds is 6. The van der Waals surface area contributed by atoms with Crippen LogP contribution in [-0.2, 0) is 4.74 Å². The summed E-state index contributed by atoms with van der Waals surface area (Å²) in [5.74, 6) is 0.663. The molecule has 34 heavy (non-hydrogen) atoms. The molecule has 5 rings (SSSR count). The van der Waals surface area contributed by atoms with E-state index in [1.807, 2.05) is 42.5 Å². The number of esters is 1. The number of hydrogen-bond acceptors (Lipinski definition) is 6. The van der Waals surface area contributed by atoms with Gasteiger partial charge >= 0.3 is 5.97 Å². The van der Waals surface area contributed by atoms with Crippen LogP contribution < -0.4 is 5.32 Å². The molecule has 0 fully saturated rings. The monoisotopic (exact) mass is 449 g/mol. The molecule has 0 radical (unpaired) electrons. The molecule has 1 heterocycles. The van der Waals surface area contributed by atoms with E-state index in [4.69, 9.17) is 14.2 Å². The number of fused-ring (bicyclic) bond motifs is 1. The molecular formula is C28H23N3O3. The second-order valence-electron chi connectivity index (χ2n) is 8.02. The van der Waals surface area contributed by atoms with Gasteiger partial charge in [-0.05, 0) is 53.6 Å². The Morgan fingerprint density at radius 3 is 2.50 bits per heavy atom. The first-order valence-corrected chi connectivity index (χ1v) is 11.0. The number of ether oxygens (including phenoxy) is 1. The lowest BCUT2D eigenvalue weighted by atomic mass is 9.95. The third kappa shape index (κ3) is 4.26. The second-order valence-corrected chi connectivity index (χ2v) is 8.02. The molecule has 168 valence electrons. The number of hydrogen-bond donors (Lipinski definition) is 1. The molecule has 1 N–H and O–H groups in total. The Labute approximate surface area is 197 Å². The SMILES string of the molecule is COC(=O)c1cccc(Nc2cccc(-c3noc(C(C)c4cccc5ccccc45)n3)c2)c1. The summed E-state index contributed by atoms with van der Waals surface area (Å²) >= 11 is 0. The van der Waals surface area contributed by atoms with E-state index in [1.54, 1.807) is 18.2 Å². The fraction of sp³-hybridized carbons (Fsp3) is 0.107. The predicted octanol–water partition coefficient (Wildman–Crippen LogP) is 6.57. The molecule has 6 heteroatoms. The van der Waals surface area contributed by atoms with E-state index in [2.05, 4.69) is 47.7 Å². The summed E-state index contributed by atoms with van der Waals surface area (Å²) in [7, 11) is 1.37. The lowest BCUT2D eigenvalue weighted by Crippen LogP contribution is -2.01. The van der Waals surface area contributed by atoms with E-state index >= 15 is 0 Å². The van der Waals surface area contributed by atoms with Crippen molar-refractivity contribution in [1.29, 1.82) is 0 Å². The summed E-state index contributed by atoms with van der Waals surface area (Å²) in [6, 6.07) is 29.4. The Morgan fingerprint density at radius 2 is 1.65 bits per heavy atom. The molecule has 5 aromatic rings. The topological polar surface area (TPSA) is 77.2 Å². The third-order valence-corrected chi connectivity index (χ3v) is 5.80. The fourth-order valence-electron chi connectivity index (χ4n) is 4.03. The molecule has 1 unspecified atom stereocenters. The number of anilines is 2. The van der Waals surface area contributed by atoms with Crippen molar-refractivity contribution in [3.05, 3.63) is 108 Å². The number of methoxy groups -OCH3 is 1. The Balaban J connectivity index is 1.40. The largest absolute Gasteiger partial charge is 0.465 e. The van der Waals surface area contributed by atoms with Gasteiger partial charge in [0.2, 0.25) is 11.7 Å². The summed E-state index contributed by atoms with van der Waals surface area (Å²) in [5, 5.41) is 9.91. The van der Waals surface area contributed by atoms with Crippen LogP contribution in [0.4, 0.5) is 11.4 Å². The average Bonchev–Trinajstić information content (AvgIpc) is 3.38. The first-order valence-electron chi connectivity index (χ1n) is 11.0. The van der Waals surface area contributed by atoms with Crippen molar-refractivity contribution in [3.8, 4) is 11.4 Å². The van der Waals surface area contributed by atoms with Crippen molar-refractivity contribution in [3.63, 3.8) is 0 Å². The molecule has 1 atom stereocenters. The quantitative estimate of drug-likeness (QED) is 0.295. The Morgan fingerprint density at radius 1 is 0.912 bits per heavy atom. The highest BCUT2D eigenvalue weighted by molar-refractivity contribution is 5.90. The molecule has 0 saturated heterocycles. The van der Waals surface area contributed by atoms with Crippen LogP contribution in [0.25, 0.3) is 22.2 Å². The highest BCUT2D eigenvalue weighted by Gasteiger charge is 2.19. The van der Waals surface area contributed by atoms with Gasteiger partial charge in [-0.3, -0.25) is 0 Å². The summed E-state index contributed by atoms with van der Waals surface area (Å²) < 4.78 is 10.5. The molecule has 0 bridgehead atoms. The summed E-state index contributed by atoms with van der Waals surface area (Å²) in [6.07, 6.45) is 0. The Kier molecular flexibility index (Phi) is 5.79. The second kappa shape index (κ2) is 9.19. The van der Waals surface area contributed by atoms with Crippen LogP contribution in [0.1, 0.15) is 34.7 Å². The zero-order chi connectivity index (χ0) is 23.5. The van der Waals surface area contributed by atoms with Gasteiger partial charge in [-0.2, -0.15) is 4.98 Å². The summed E-state index contributed by atoms with van der Waals surface area (Å²) in [6.45, 7) is 2.07. The zero-order valence-electron chi connectivity index (χ0n) is 18.9. The summed E-state index contributed by atoms with van der Waals surface area (Å²) in [4.78, 5) is 16.5. The summed E-state index contributed by atoms with van der Waals surface area (Å²) in [5.41, 5.74) is 4.07. The van der Waals surface area contributed by atoms with Gasteiger partial charge in [0.05, 0.1) is 18.6 Å². The van der Waals surface area contributed by atoms with Crippen molar-refractivity contribution in [1.82, 2.24) is 10.1 Å². The van der Waals surface area contributed by atoms with Gasteiger partial charge in [-0.1, -0.05) is 65.8 Å². The molecule has 0 aliphatic rings. The minimum absolute atomic E-state index is 0.0466. The molecule has 6 nitrogen and oxygen atoms in total. The molecule has 0 aliphatic carbocycles. The van der Waals surface area contributed by atoms with Gasteiger partial charge < -0.3 is 14.6 Å². The van der Waals surface area contributed by atoms with E-state index in [0.717, 1.165) is 22.5 Å². The molecule has 1 aromatic heterocycles. The Bertz CT molecular complexity index is 1470. The van der Waals surface area contributed by atoms with E-state index < -0.39 is 0 Å². The minimum atomic E-state index is -0.378. The van der Waals surface area contributed by atoms with Crippen LogP contribution in [0.3, 0.4) is 0 Å². The van der Waals surface area contributed by atoms with Gasteiger partial charge in [0, 0.05) is 16.9 Å². The smallest absolute Gasteiger partial charge is 0.337 e. The number of nitrogens with zero attached hydrogens (tertiary/aromatic N) is 2. The lowest BCUT2D eigenvalue weighted by molar-refractivity contribution is 0.0601. The maximum atomic E-state index is 11.8. The molecule has 0 aliphatic heterocycles. The van der Waals surface area contributed by atoms with Crippen molar-refractivity contribution >= 4 is 28.1 Å². The van der Waals surface area contributed by atoms with Crippen molar-refractivity contribution in [2.75, 3.05) is 12.4 Å². The highest BCUT2D eigenvalue weighted by atomic mass is 16.5. The highest BCUT2D eigenvalue weighted by Crippen LogP contribution is 2.31. The number of carbonyl (C=O) groups excluding carboxylic acids is 1. The molecule has 0 amide bonds. The fourth-order valence-corrected chi connectivity index (χ4v) is 4.03.